The number of aryl methyl sites for hydroxylation is 1. The lowest BCUT2D eigenvalue weighted by Gasteiger charge is -2.22. The molecule has 7 nitrogen and oxygen atoms in total. The van der Waals surface area contributed by atoms with Gasteiger partial charge in [0.1, 0.15) is 0 Å². The zero-order valence-electron chi connectivity index (χ0n) is 14.0. The van der Waals surface area contributed by atoms with Crippen LogP contribution in [0.15, 0.2) is 17.5 Å². The maximum atomic E-state index is 11.5. The predicted octanol–water partition coefficient (Wildman–Crippen LogP) is 1.31. The third kappa shape index (κ3) is 4.07. The van der Waals surface area contributed by atoms with E-state index < -0.39 is 0 Å². The van der Waals surface area contributed by atoms with E-state index in [1.807, 2.05) is 13.0 Å². The van der Waals surface area contributed by atoms with Gasteiger partial charge in [0, 0.05) is 45.2 Å². The summed E-state index contributed by atoms with van der Waals surface area (Å²) in [5, 5.41) is 14.0. The molecule has 0 unspecified atom stereocenters. The van der Waals surface area contributed by atoms with Gasteiger partial charge in [0.05, 0.1) is 10.7 Å². The number of anilines is 1. The fourth-order valence-electron chi connectivity index (χ4n) is 2.81. The molecule has 0 aromatic carbocycles. The van der Waals surface area contributed by atoms with Crippen LogP contribution in [0.4, 0.5) is 5.82 Å². The van der Waals surface area contributed by atoms with Crippen LogP contribution in [0.5, 0.6) is 0 Å². The van der Waals surface area contributed by atoms with Crippen LogP contribution in [0.25, 0.3) is 0 Å². The summed E-state index contributed by atoms with van der Waals surface area (Å²) in [6, 6.07) is 3.60. The topological polar surface area (TPSA) is 74.2 Å². The highest BCUT2D eigenvalue weighted by atomic mass is 32.1. The number of rotatable bonds is 4. The molecule has 0 bridgehead atoms. The largest absolute Gasteiger partial charge is 0.354 e. The molecule has 3 heterocycles. The number of carbonyl (C=O) groups is 1. The standard InChI is InChI=1S/C16H22N6OS/c1-12-18-13(11-24-12)10-21-6-3-7-22(9-8-21)15-5-4-14(19-20-15)16(23)17-2/h4-5,11H,3,6-10H2,1-2H3,(H,17,23). The first-order valence-electron chi connectivity index (χ1n) is 8.10. The molecule has 2 aromatic heterocycles. The van der Waals surface area contributed by atoms with Gasteiger partial charge in [-0.25, -0.2) is 4.98 Å². The summed E-state index contributed by atoms with van der Waals surface area (Å²) in [6.07, 6.45) is 1.07. The number of amides is 1. The minimum atomic E-state index is -0.213. The Balaban J connectivity index is 1.59. The van der Waals surface area contributed by atoms with Gasteiger partial charge < -0.3 is 10.2 Å². The molecule has 0 aliphatic carbocycles. The van der Waals surface area contributed by atoms with Crippen LogP contribution < -0.4 is 10.2 Å². The van der Waals surface area contributed by atoms with E-state index >= 15 is 0 Å². The lowest BCUT2D eigenvalue weighted by atomic mass is 10.3. The number of aromatic nitrogens is 3. The number of hydrogen-bond donors (Lipinski definition) is 1. The number of hydrogen-bond acceptors (Lipinski definition) is 7. The summed E-state index contributed by atoms with van der Waals surface area (Å²) in [5.74, 6) is 0.614. The molecule has 24 heavy (non-hydrogen) atoms. The average molecular weight is 346 g/mol. The van der Waals surface area contributed by atoms with Crippen LogP contribution in [-0.2, 0) is 6.54 Å². The van der Waals surface area contributed by atoms with Crippen molar-refractivity contribution in [2.75, 3.05) is 38.1 Å². The van der Waals surface area contributed by atoms with E-state index in [1.165, 1.54) is 0 Å². The highest BCUT2D eigenvalue weighted by Crippen LogP contribution is 2.16. The van der Waals surface area contributed by atoms with Crippen molar-refractivity contribution >= 4 is 23.1 Å². The van der Waals surface area contributed by atoms with Crippen LogP contribution in [-0.4, -0.2) is 59.2 Å². The van der Waals surface area contributed by atoms with E-state index in [0.717, 1.165) is 55.7 Å². The van der Waals surface area contributed by atoms with Crippen molar-refractivity contribution in [1.82, 2.24) is 25.4 Å². The number of nitrogens with one attached hydrogen (secondary N) is 1. The maximum absolute atomic E-state index is 11.5. The molecule has 2 aromatic rings. The lowest BCUT2D eigenvalue weighted by Crippen LogP contribution is -2.31. The summed E-state index contributed by atoms with van der Waals surface area (Å²) >= 11 is 1.70. The molecule has 0 spiro atoms. The summed E-state index contributed by atoms with van der Waals surface area (Å²) in [6.45, 7) is 6.81. The molecule has 1 aliphatic rings. The highest BCUT2D eigenvalue weighted by Gasteiger charge is 2.17. The Labute approximate surface area is 145 Å². The summed E-state index contributed by atoms with van der Waals surface area (Å²) < 4.78 is 0. The van der Waals surface area contributed by atoms with Gasteiger partial charge in [-0.15, -0.1) is 21.5 Å². The third-order valence-electron chi connectivity index (χ3n) is 4.07. The number of thiazole rings is 1. The van der Waals surface area contributed by atoms with Crippen LogP contribution in [0.3, 0.4) is 0 Å². The number of nitrogens with zero attached hydrogens (tertiary/aromatic N) is 5. The highest BCUT2D eigenvalue weighted by molar-refractivity contribution is 7.09. The van der Waals surface area contributed by atoms with Crippen LogP contribution >= 0.6 is 11.3 Å². The normalized spacial score (nSPS) is 16.0. The molecule has 128 valence electrons. The fourth-order valence-corrected chi connectivity index (χ4v) is 3.41. The molecule has 1 aliphatic heterocycles. The smallest absolute Gasteiger partial charge is 0.271 e. The molecular formula is C16H22N6OS. The minimum Gasteiger partial charge on any atom is -0.354 e. The molecule has 8 heteroatoms. The molecule has 1 fully saturated rings. The quantitative estimate of drug-likeness (QED) is 0.900. The average Bonchev–Trinajstić information content (AvgIpc) is 2.87. The van der Waals surface area contributed by atoms with E-state index in [0.29, 0.717) is 5.69 Å². The molecule has 3 rings (SSSR count). The van der Waals surface area contributed by atoms with Crippen molar-refractivity contribution in [3.63, 3.8) is 0 Å². The number of carbonyl (C=O) groups excluding carboxylic acids is 1. The first-order chi connectivity index (χ1) is 11.7. The van der Waals surface area contributed by atoms with Crippen molar-refractivity contribution in [2.45, 2.75) is 19.9 Å². The Bertz CT molecular complexity index is 686. The van der Waals surface area contributed by atoms with E-state index in [9.17, 15) is 4.79 Å². The second kappa shape index (κ2) is 7.67. The molecule has 1 saturated heterocycles. The Kier molecular flexibility index (Phi) is 5.37. The SMILES string of the molecule is CNC(=O)c1ccc(N2CCCN(Cc3csc(C)n3)CC2)nn1. The van der Waals surface area contributed by atoms with E-state index in [2.05, 4.69) is 35.7 Å². The van der Waals surface area contributed by atoms with Gasteiger partial charge in [-0.1, -0.05) is 0 Å². The third-order valence-corrected chi connectivity index (χ3v) is 4.90. The molecule has 0 saturated carbocycles. The van der Waals surface area contributed by atoms with Crippen LogP contribution in [0.2, 0.25) is 0 Å². The van der Waals surface area contributed by atoms with Gasteiger partial charge in [0.2, 0.25) is 0 Å². The van der Waals surface area contributed by atoms with Crippen molar-refractivity contribution in [2.24, 2.45) is 0 Å². The van der Waals surface area contributed by atoms with E-state index in [1.54, 1.807) is 24.5 Å². The van der Waals surface area contributed by atoms with Gasteiger partial charge in [-0.05, 0) is 25.5 Å². The fraction of sp³-hybridized carbons (Fsp3) is 0.500. The zero-order chi connectivity index (χ0) is 16.9. The van der Waals surface area contributed by atoms with Crippen molar-refractivity contribution in [1.29, 1.82) is 0 Å². The predicted molar refractivity (Wildman–Crippen MR) is 94.4 cm³/mol. The first-order valence-corrected chi connectivity index (χ1v) is 8.98. The first kappa shape index (κ1) is 16.8. The molecule has 1 amide bonds. The van der Waals surface area contributed by atoms with Crippen molar-refractivity contribution in [3.05, 3.63) is 33.9 Å². The molecule has 0 radical (unpaired) electrons. The van der Waals surface area contributed by atoms with Crippen molar-refractivity contribution < 1.29 is 4.79 Å². The second-order valence-corrected chi connectivity index (χ2v) is 6.89. The van der Waals surface area contributed by atoms with Crippen LogP contribution in [0.1, 0.15) is 27.6 Å². The summed E-state index contributed by atoms with van der Waals surface area (Å²) in [5.41, 5.74) is 1.50. The Morgan fingerprint density at radius 1 is 1.25 bits per heavy atom. The maximum Gasteiger partial charge on any atom is 0.271 e. The van der Waals surface area contributed by atoms with E-state index in [4.69, 9.17) is 0 Å². The summed E-state index contributed by atoms with van der Waals surface area (Å²) in [7, 11) is 1.59. The Morgan fingerprint density at radius 3 is 2.79 bits per heavy atom. The molecular weight excluding hydrogens is 324 g/mol. The van der Waals surface area contributed by atoms with Gasteiger partial charge in [0.15, 0.2) is 11.5 Å². The summed E-state index contributed by atoms with van der Waals surface area (Å²) in [4.78, 5) is 20.7. The Hall–Kier alpha value is -2.06. The minimum absolute atomic E-state index is 0.213. The second-order valence-electron chi connectivity index (χ2n) is 5.83. The van der Waals surface area contributed by atoms with Gasteiger partial charge in [-0.2, -0.15) is 0 Å². The van der Waals surface area contributed by atoms with Crippen molar-refractivity contribution in [3.8, 4) is 0 Å². The van der Waals surface area contributed by atoms with Gasteiger partial charge >= 0.3 is 0 Å². The van der Waals surface area contributed by atoms with Gasteiger partial charge in [0.25, 0.3) is 5.91 Å². The molecule has 1 N–H and O–H groups in total. The lowest BCUT2D eigenvalue weighted by molar-refractivity contribution is 0.0957. The van der Waals surface area contributed by atoms with Crippen LogP contribution in [0, 0.1) is 6.92 Å². The monoisotopic (exact) mass is 346 g/mol. The van der Waals surface area contributed by atoms with Gasteiger partial charge in [-0.3, -0.25) is 9.69 Å². The molecule has 0 atom stereocenters. The zero-order valence-corrected chi connectivity index (χ0v) is 14.8. The van der Waals surface area contributed by atoms with E-state index in [-0.39, 0.29) is 5.91 Å². The Morgan fingerprint density at radius 2 is 2.12 bits per heavy atom.